The van der Waals surface area contributed by atoms with Gasteiger partial charge in [0.2, 0.25) is 0 Å². The highest BCUT2D eigenvalue weighted by atomic mass is 32.2. The molecular formula is C19H32O5S. The molecule has 0 heterocycles. The van der Waals surface area contributed by atoms with Gasteiger partial charge in [0.15, 0.2) is 0 Å². The van der Waals surface area contributed by atoms with Crippen molar-refractivity contribution in [3.63, 3.8) is 0 Å². The summed E-state index contributed by atoms with van der Waals surface area (Å²) in [5, 5.41) is 19.5. The van der Waals surface area contributed by atoms with Gasteiger partial charge in [-0.05, 0) is 24.5 Å². The largest absolute Gasteiger partial charge is 0.508 e. The zero-order valence-corrected chi connectivity index (χ0v) is 16.0. The Morgan fingerprint density at radius 2 is 1.28 bits per heavy atom. The van der Waals surface area contributed by atoms with Gasteiger partial charge in [0, 0.05) is 6.07 Å². The third kappa shape index (κ3) is 8.59. The monoisotopic (exact) mass is 372 g/mol. The average molecular weight is 373 g/mol. The maximum Gasteiger partial charge on any atom is 0.298 e. The minimum atomic E-state index is -4.54. The van der Waals surface area contributed by atoms with Crippen molar-refractivity contribution < 1.29 is 23.2 Å². The lowest BCUT2D eigenvalue weighted by atomic mass is 10.0. The summed E-state index contributed by atoms with van der Waals surface area (Å²) in [7, 11) is -4.54. The molecule has 0 spiro atoms. The molecule has 0 unspecified atom stereocenters. The lowest BCUT2D eigenvalue weighted by Gasteiger charge is -2.09. The third-order valence-electron chi connectivity index (χ3n) is 4.47. The van der Waals surface area contributed by atoms with Crippen LogP contribution in [0.25, 0.3) is 0 Å². The standard InChI is InChI=1S/C19H32O5S/c1-2-3-4-5-6-7-8-9-10-11-12-13-16-14-17(20)15-18(19(16)21)25(22,23)24/h14-15,20-21H,2-13H2,1H3,(H,22,23,24). The maximum absolute atomic E-state index is 11.2. The van der Waals surface area contributed by atoms with E-state index >= 15 is 0 Å². The predicted molar refractivity (Wildman–Crippen MR) is 99.8 cm³/mol. The normalized spacial score (nSPS) is 11.8. The number of phenols is 2. The minimum absolute atomic E-state index is 0.275. The first-order valence-corrected chi connectivity index (χ1v) is 10.8. The minimum Gasteiger partial charge on any atom is -0.508 e. The molecule has 1 aromatic carbocycles. The lowest BCUT2D eigenvalue weighted by Crippen LogP contribution is -2.00. The molecule has 6 heteroatoms. The van der Waals surface area contributed by atoms with Crippen molar-refractivity contribution in [1.29, 1.82) is 0 Å². The van der Waals surface area contributed by atoms with Crippen LogP contribution in [-0.2, 0) is 16.5 Å². The molecule has 0 amide bonds. The van der Waals surface area contributed by atoms with Crippen molar-refractivity contribution >= 4 is 10.1 Å². The zero-order chi connectivity index (χ0) is 18.7. The van der Waals surface area contributed by atoms with Crippen LogP contribution >= 0.6 is 0 Å². The summed E-state index contributed by atoms with van der Waals surface area (Å²) < 4.78 is 31.5. The van der Waals surface area contributed by atoms with Gasteiger partial charge in [-0.1, -0.05) is 71.1 Å². The number of phenolic OH excluding ortho intramolecular Hbond substituents is 2. The van der Waals surface area contributed by atoms with Crippen LogP contribution in [0, 0.1) is 0 Å². The highest BCUT2D eigenvalue weighted by Gasteiger charge is 2.19. The summed E-state index contributed by atoms with van der Waals surface area (Å²) in [6.45, 7) is 2.22. The van der Waals surface area contributed by atoms with E-state index in [9.17, 15) is 18.6 Å². The predicted octanol–water partition coefficient (Wildman–Crippen LogP) is 5.20. The number of hydrogen-bond acceptors (Lipinski definition) is 4. The topological polar surface area (TPSA) is 94.8 Å². The van der Waals surface area contributed by atoms with Crippen molar-refractivity contribution in [2.45, 2.75) is 88.9 Å². The molecule has 1 rings (SSSR count). The van der Waals surface area contributed by atoms with Gasteiger partial charge in [-0.3, -0.25) is 4.55 Å². The first-order chi connectivity index (χ1) is 11.9. The van der Waals surface area contributed by atoms with Crippen LogP contribution in [-0.4, -0.2) is 23.2 Å². The van der Waals surface area contributed by atoms with Crippen LogP contribution in [0.2, 0.25) is 0 Å². The Balaban J connectivity index is 2.26. The summed E-state index contributed by atoms with van der Waals surface area (Å²) in [5.74, 6) is -0.740. The fraction of sp³-hybridized carbons (Fsp3) is 0.684. The molecule has 0 bridgehead atoms. The van der Waals surface area contributed by atoms with E-state index in [1.165, 1.54) is 57.4 Å². The molecule has 0 radical (unpaired) electrons. The van der Waals surface area contributed by atoms with Crippen LogP contribution in [0.3, 0.4) is 0 Å². The summed E-state index contributed by atoms with van der Waals surface area (Å²) in [4.78, 5) is -0.634. The number of aromatic hydroxyl groups is 2. The van der Waals surface area contributed by atoms with Crippen molar-refractivity contribution in [1.82, 2.24) is 0 Å². The second-order valence-corrected chi connectivity index (χ2v) is 8.10. The first-order valence-electron chi connectivity index (χ1n) is 9.38. The Labute approximate surface area is 151 Å². The number of rotatable bonds is 13. The van der Waals surface area contributed by atoms with E-state index in [0.717, 1.165) is 25.3 Å². The molecule has 0 atom stereocenters. The Morgan fingerprint density at radius 3 is 1.76 bits per heavy atom. The van der Waals surface area contributed by atoms with E-state index in [4.69, 9.17) is 4.55 Å². The van der Waals surface area contributed by atoms with E-state index in [-0.39, 0.29) is 5.75 Å². The van der Waals surface area contributed by atoms with Crippen LogP contribution in [0.4, 0.5) is 0 Å². The van der Waals surface area contributed by atoms with E-state index in [1.54, 1.807) is 0 Å². The van der Waals surface area contributed by atoms with Crippen molar-refractivity contribution in [3.05, 3.63) is 17.7 Å². The number of aryl methyl sites for hydroxylation is 1. The van der Waals surface area contributed by atoms with E-state index in [0.29, 0.717) is 12.0 Å². The Hall–Kier alpha value is -1.27. The molecule has 5 nitrogen and oxygen atoms in total. The van der Waals surface area contributed by atoms with Crippen LogP contribution in [0.15, 0.2) is 17.0 Å². The van der Waals surface area contributed by atoms with E-state index in [2.05, 4.69) is 6.92 Å². The van der Waals surface area contributed by atoms with Crippen molar-refractivity contribution in [2.75, 3.05) is 0 Å². The Kier molecular flexibility index (Phi) is 9.90. The zero-order valence-electron chi connectivity index (χ0n) is 15.2. The number of benzene rings is 1. The number of unbranched alkanes of at least 4 members (excludes halogenated alkanes) is 10. The van der Waals surface area contributed by atoms with Crippen LogP contribution < -0.4 is 0 Å². The van der Waals surface area contributed by atoms with Gasteiger partial charge in [0.25, 0.3) is 10.1 Å². The second kappa shape index (κ2) is 11.4. The Bertz CT molecular complexity index is 610. The average Bonchev–Trinajstić information content (AvgIpc) is 2.54. The van der Waals surface area contributed by atoms with Crippen molar-refractivity contribution in [2.24, 2.45) is 0 Å². The van der Waals surface area contributed by atoms with Crippen LogP contribution in [0.5, 0.6) is 11.5 Å². The SMILES string of the molecule is CCCCCCCCCCCCCc1cc(O)cc(S(=O)(=O)O)c1O. The van der Waals surface area contributed by atoms with Gasteiger partial charge >= 0.3 is 0 Å². The quantitative estimate of drug-likeness (QED) is 0.251. The maximum atomic E-state index is 11.2. The van der Waals surface area contributed by atoms with Crippen LogP contribution in [0.1, 0.15) is 83.1 Å². The van der Waals surface area contributed by atoms with Gasteiger partial charge < -0.3 is 10.2 Å². The summed E-state index contributed by atoms with van der Waals surface area (Å²) in [5.41, 5.74) is 0.351. The summed E-state index contributed by atoms with van der Waals surface area (Å²) in [6.07, 6.45) is 13.7. The fourth-order valence-corrected chi connectivity index (χ4v) is 3.66. The number of hydrogen-bond donors (Lipinski definition) is 3. The molecule has 25 heavy (non-hydrogen) atoms. The molecule has 0 aliphatic carbocycles. The highest BCUT2D eigenvalue weighted by molar-refractivity contribution is 7.86. The Morgan fingerprint density at radius 1 is 0.800 bits per heavy atom. The highest BCUT2D eigenvalue weighted by Crippen LogP contribution is 2.32. The molecule has 0 saturated heterocycles. The lowest BCUT2D eigenvalue weighted by molar-refractivity contribution is 0.426. The first kappa shape index (κ1) is 21.8. The summed E-state index contributed by atoms with van der Waals surface area (Å²) in [6, 6.07) is 2.20. The van der Waals surface area contributed by atoms with Gasteiger partial charge in [-0.2, -0.15) is 8.42 Å². The summed E-state index contributed by atoms with van der Waals surface area (Å²) >= 11 is 0. The molecule has 0 fully saturated rings. The van der Waals surface area contributed by atoms with Crippen molar-refractivity contribution in [3.8, 4) is 11.5 Å². The molecule has 144 valence electrons. The van der Waals surface area contributed by atoms with Gasteiger partial charge in [-0.15, -0.1) is 0 Å². The van der Waals surface area contributed by atoms with E-state index < -0.39 is 20.8 Å². The molecule has 0 aromatic heterocycles. The molecule has 1 aromatic rings. The molecular weight excluding hydrogens is 340 g/mol. The molecule has 0 aliphatic heterocycles. The molecule has 0 saturated carbocycles. The third-order valence-corrected chi connectivity index (χ3v) is 5.33. The molecule has 0 aliphatic rings. The fourth-order valence-electron chi connectivity index (χ4n) is 3.02. The van der Waals surface area contributed by atoms with Gasteiger partial charge in [0.05, 0.1) is 0 Å². The van der Waals surface area contributed by atoms with Gasteiger partial charge in [0.1, 0.15) is 16.4 Å². The smallest absolute Gasteiger partial charge is 0.298 e. The molecule has 3 N–H and O–H groups in total. The second-order valence-electron chi connectivity index (χ2n) is 6.71. The van der Waals surface area contributed by atoms with Gasteiger partial charge in [-0.25, -0.2) is 0 Å². The van der Waals surface area contributed by atoms with E-state index in [1.807, 2.05) is 0 Å².